The third-order valence-corrected chi connectivity index (χ3v) is 4.62. The first-order chi connectivity index (χ1) is 9.65. The lowest BCUT2D eigenvalue weighted by Gasteiger charge is -2.37. The summed E-state index contributed by atoms with van der Waals surface area (Å²) < 4.78 is 0. The van der Waals surface area contributed by atoms with Crippen molar-refractivity contribution in [3.63, 3.8) is 0 Å². The van der Waals surface area contributed by atoms with Crippen molar-refractivity contribution in [2.45, 2.75) is 56.7 Å². The van der Waals surface area contributed by atoms with Gasteiger partial charge in [0.25, 0.3) is 0 Å². The third kappa shape index (κ3) is 3.71. The zero-order valence-electron chi connectivity index (χ0n) is 12.2. The monoisotopic (exact) mass is 274 g/mol. The normalized spacial score (nSPS) is 21.1. The summed E-state index contributed by atoms with van der Waals surface area (Å²) in [7, 11) is 0. The van der Waals surface area contributed by atoms with Crippen LogP contribution in [-0.4, -0.2) is 21.9 Å². The Bertz CT molecular complexity index is 409. The van der Waals surface area contributed by atoms with E-state index in [4.69, 9.17) is 0 Å². The summed E-state index contributed by atoms with van der Waals surface area (Å²) in [4.78, 5) is 0. The van der Waals surface area contributed by atoms with Crippen LogP contribution in [0.25, 0.3) is 0 Å². The van der Waals surface area contributed by atoms with Gasteiger partial charge in [-0.3, -0.25) is 0 Å². The fourth-order valence-electron chi connectivity index (χ4n) is 3.22. The molecule has 1 aliphatic carbocycles. The van der Waals surface area contributed by atoms with E-state index in [0.29, 0.717) is 6.42 Å². The lowest BCUT2D eigenvalue weighted by molar-refractivity contribution is -0.0800. The Labute approximate surface area is 122 Å². The van der Waals surface area contributed by atoms with Gasteiger partial charge in [-0.05, 0) is 37.2 Å². The highest BCUT2D eigenvalue weighted by atomic mass is 16.3. The third-order valence-electron chi connectivity index (χ3n) is 4.62. The van der Waals surface area contributed by atoms with Crippen LogP contribution in [-0.2, 0) is 6.42 Å². The molecule has 20 heavy (non-hydrogen) atoms. The molecular weight excluding hydrogens is 248 g/mol. The van der Waals surface area contributed by atoms with Gasteiger partial charge in [0.1, 0.15) is 5.60 Å². The molecule has 1 fully saturated rings. The molecule has 0 aliphatic heterocycles. The molecule has 110 valence electrons. The van der Waals surface area contributed by atoms with Gasteiger partial charge in [0.15, 0.2) is 0 Å². The number of benzene rings is 1. The summed E-state index contributed by atoms with van der Waals surface area (Å²) in [6.07, 6.45) is 7.73. The SMILES string of the molecule is C=C[C@](O)(CCc1ccccc1)[C@H](O)C1CCCCC1. The predicted octanol–water partition coefficient (Wildman–Crippen LogP) is 3.48. The topological polar surface area (TPSA) is 40.5 Å². The molecule has 2 N–H and O–H groups in total. The van der Waals surface area contributed by atoms with Gasteiger partial charge in [-0.2, -0.15) is 0 Å². The van der Waals surface area contributed by atoms with Crippen LogP contribution in [0.15, 0.2) is 43.0 Å². The van der Waals surface area contributed by atoms with Crippen molar-refractivity contribution in [3.8, 4) is 0 Å². The lowest BCUT2D eigenvalue weighted by Crippen LogP contribution is -2.46. The van der Waals surface area contributed by atoms with Crippen molar-refractivity contribution in [1.82, 2.24) is 0 Å². The second-order valence-electron chi connectivity index (χ2n) is 6.02. The number of aryl methyl sites for hydroxylation is 1. The number of rotatable bonds is 6. The van der Waals surface area contributed by atoms with Gasteiger partial charge in [0.2, 0.25) is 0 Å². The van der Waals surface area contributed by atoms with E-state index in [-0.39, 0.29) is 5.92 Å². The minimum atomic E-state index is -1.17. The van der Waals surface area contributed by atoms with Crippen molar-refractivity contribution in [3.05, 3.63) is 48.6 Å². The minimum Gasteiger partial charge on any atom is -0.389 e. The van der Waals surface area contributed by atoms with Crippen LogP contribution < -0.4 is 0 Å². The van der Waals surface area contributed by atoms with E-state index in [1.165, 1.54) is 18.1 Å². The maximum atomic E-state index is 10.7. The zero-order chi connectivity index (χ0) is 14.4. The number of hydrogen-bond donors (Lipinski definition) is 2. The van der Waals surface area contributed by atoms with Crippen molar-refractivity contribution >= 4 is 0 Å². The van der Waals surface area contributed by atoms with Crippen LogP contribution in [0.1, 0.15) is 44.1 Å². The van der Waals surface area contributed by atoms with E-state index in [2.05, 4.69) is 18.7 Å². The molecule has 2 atom stereocenters. The molecule has 0 aromatic heterocycles. The Hall–Kier alpha value is -1.12. The van der Waals surface area contributed by atoms with E-state index in [9.17, 15) is 10.2 Å². The predicted molar refractivity (Wildman–Crippen MR) is 82.5 cm³/mol. The molecule has 1 saturated carbocycles. The first-order valence-corrected chi connectivity index (χ1v) is 7.74. The van der Waals surface area contributed by atoms with E-state index in [0.717, 1.165) is 32.1 Å². The van der Waals surface area contributed by atoms with Crippen LogP contribution in [0.3, 0.4) is 0 Å². The summed E-state index contributed by atoms with van der Waals surface area (Å²) in [5.74, 6) is 0.211. The van der Waals surface area contributed by atoms with Crippen LogP contribution in [0, 0.1) is 5.92 Å². The standard InChI is InChI=1S/C18H26O2/c1-2-18(20,14-13-15-9-5-3-6-10-15)17(19)16-11-7-4-8-12-16/h2-3,5-6,9-10,16-17,19-20H,1,4,7-8,11-14H2/t17-,18+/m1/s1. The molecule has 1 aliphatic rings. The highest BCUT2D eigenvalue weighted by Crippen LogP contribution is 2.33. The second kappa shape index (κ2) is 7.05. The van der Waals surface area contributed by atoms with E-state index < -0.39 is 11.7 Å². The summed E-state index contributed by atoms with van der Waals surface area (Å²) in [5.41, 5.74) is 0.0151. The van der Waals surface area contributed by atoms with Crippen molar-refractivity contribution in [1.29, 1.82) is 0 Å². The summed E-state index contributed by atoms with van der Waals surface area (Å²) in [6, 6.07) is 10.1. The van der Waals surface area contributed by atoms with Crippen LogP contribution in [0.2, 0.25) is 0 Å². The van der Waals surface area contributed by atoms with Gasteiger partial charge in [-0.25, -0.2) is 0 Å². The smallest absolute Gasteiger partial charge is 0.109 e. The quantitative estimate of drug-likeness (QED) is 0.780. The van der Waals surface area contributed by atoms with Gasteiger partial charge in [0.05, 0.1) is 6.10 Å². The van der Waals surface area contributed by atoms with Gasteiger partial charge in [-0.15, -0.1) is 6.58 Å². The Morgan fingerprint density at radius 2 is 1.85 bits per heavy atom. The number of aliphatic hydroxyl groups is 2. The first kappa shape index (κ1) is 15.3. The maximum Gasteiger partial charge on any atom is 0.109 e. The Kier molecular flexibility index (Phi) is 5.38. The Balaban J connectivity index is 1.98. The Morgan fingerprint density at radius 1 is 1.20 bits per heavy atom. The molecule has 0 spiro atoms. The number of aliphatic hydroxyl groups excluding tert-OH is 1. The zero-order valence-corrected chi connectivity index (χ0v) is 12.2. The molecule has 0 bridgehead atoms. The fourth-order valence-corrected chi connectivity index (χ4v) is 3.22. The van der Waals surface area contributed by atoms with Crippen molar-refractivity contribution < 1.29 is 10.2 Å². The molecule has 0 unspecified atom stereocenters. The fraction of sp³-hybridized carbons (Fsp3) is 0.556. The molecule has 1 aromatic carbocycles. The lowest BCUT2D eigenvalue weighted by atomic mass is 9.76. The second-order valence-corrected chi connectivity index (χ2v) is 6.02. The molecule has 2 rings (SSSR count). The minimum absolute atomic E-state index is 0.211. The molecule has 0 heterocycles. The van der Waals surface area contributed by atoms with E-state index in [1.54, 1.807) is 0 Å². The van der Waals surface area contributed by atoms with Crippen molar-refractivity contribution in [2.75, 3.05) is 0 Å². The molecule has 2 heteroatoms. The summed E-state index contributed by atoms with van der Waals surface area (Å²) in [5, 5.41) is 21.3. The highest BCUT2D eigenvalue weighted by Gasteiger charge is 2.37. The molecule has 0 radical (unpaired) electrons. The van der Waals surface area contributed by atoms with E-state index >= 15 is 0 Å². The van der Waals surface area contributed by atoms with Gasteiger partial charge in [0, 0.05) is 0 Å². The van der Waals surface area contributed by atoms with Gasteiger partial charge >= 0.3 is 0 Å². The average Bonchev–Trinajstić information content (AvgIpc) is 2.53. The van der Waals surface area contributed by atoms with Gasteiger partial charge in [-0.1, -0.05) is 55.7 Å². The largest absolute Gasteiger partial charge is 0.389 e. The maximum absolute atomic E-state index is 10.7. The number of hydrogen-bond acceptors (Lipinski definition) is 2. The molecule has 0 amide bonds. The average molecular weight is 274 g/mol. The Morgan fingerprint density at radius 3 is 2.45 bits per heavy atom. The van der Waals surface area contributed by atoms with Crippen LogP contribution in [0.4, 0.5) is 0 Å². The van der Waals surface area contributed by atoms with Crippen LogP contribution >= 0.6 is 0 Å². The highest BCUT2D eigenvalue weighted by molar-refractivity contribution is 5.16. The van der Waals surface area contributed by atoms with Crippen LogP contribution in [0.5, 0.6) is 0 Å². The van der Waals surface area contributed by atoms with E-state index in [1.807, 2.05) is 18.2 Å². The molecule has 2 nitrogen and oxygen atoms in total. The van der Waals surface area contributed by atoms with Crippen molar-refractivity contribution in [2.24, 2.45) is 5.92 Å². The summed E-state index contributed by atoms with van der Waals surface area (Å²) in [6.45, 7) is 3.75. The van der Waals surface area contributed by atoms with Gasteiger partial charge < -0.3 is 10.2 Å². The summed E-state index contributed by atoms with van der Waals surface area (Å²) >= 11 is 0. The molecule has 1 aromatic rings. The first-order valence-electron chi connectivity index (χ1n) is 7.74. The molecular formula is C18H26O2. The molecule has 0 saturated heterocycles.